The van der Waals surface area contributed by atoms with Crippen LogP contribution in [0, 0.1) is 0 Å². The van der Waals surface area contributed by atoms with E-state index in [0.717, 1.165) is 11.1 Å². The highest BCUT2D eigenvalue weighted by molar-refractivity contribution is 5.14. The molecule has 8 heteroatoms. The van der Waals surface area contributed by atoms with Crippen LogP contribution in [-0.4, -0.2) is 68.2 Å². The Labute approximate surface area is 200 Å². The second kappa shape index (κ2) is 10.8. The van der Waals surface area contributed by atoms with Gasteiger partial charge in [0.05, 0.1) is 19.8 Å². The van der Waals surface area contributed by atoms with Crippen LogP contribution < -0.4 is 0 Å². The van der Waals surface area contributed by atoms with Crippen molar-refractivity contribution in [2.45, 2.75) is 69.3 Å². The Morgan fingerprint density at radius 3 is 1.88 bits per heavy atom. The first-order valence-corrected chi connectivity index (χ1v) is 11.5. The van der Waals surface area contributed by atoms with Crippen molar-refractivity contribution in [3.8, 4) is 0 Å². The van der Waals surface area contributed by atoms with Gasteiger partial charge in [0.25, 0.3) is 0 Å². The van der Waals surface area contributed by atoms with Gasteiger partial charge in [0, 0.05) is 14.2 Å². The SMILES string of the molecule is COC1(C)O[C@H]2[C@H](OC1(C)OC)[C@@H](COCc1ccccc1)OC(O)[C@H]2OCc1ccccc1. The predicted octanol–water partition coefficient (Wildman–Crippen LogP) is 3.02. The zero-order chi connectivity index (χ0) is 24.2. The predicted molar refractivity (Wildman–Crippen MR) is 123 cm³/mol. The number of hydrogen-bond acceptors (Lipinski definition) is 8. The van der Waals surface area contributed by atoms with Crippen molar-refractivity contribution in [1.82, 2.24) is 0 Å². The van der Waals surface area contributed by atoms with Crippen LogP contribution in [0.2, 0.25) is 0 Å². The van der Waals surface area contributed by atoms with Gasteiger partial charge in [-0.05, 0) is 25.0 Å². The van der Waals surface area contributed by atoms with Crippen LogP contribution in [0.25, 0.3) is 0 Å². The summed E-state index contributed by atoms with van der Waals surface area (Å²) in [4.78, 5) is 0. The number of aliphatic hydroxyl groups excluding tert-OH is 1. The van der Waals surface area contributed by atoms with Gasteiger partial charge in [0.15, 0.2) is 6.29 Å². The van der Waals surface area contributed by atoms with E-state index in [-0.39, 0.29) is 13.2 Å². The van der Waals surface area contributed by atoms with E-state index in [2.05, 4.69) is 0 Å². The fourth-order valence-corrected chi connectivity index (χ4v) is 4.32. The summed E-state index contributed by atoms with van der Waals surface area (Å²) < 4.78 is 42.1. The second-order valence-corrected chi connectivity index (χ2v) is 8.79. The van der Waals surface area contributed by atoms with Gasteiger partial charge in [-0.15, -0.1) is 0 Å². The molecular formula is C26H34O8. The van der Waals surface area contributed by atoms with Crippen molar-refractivity contribution in [2.75, 3.05) is 20.8 Å². The minimum Gasteiger partial charge on any atom is -0.374 e. The molecule has 34 heavy (non-hydrogen) atoms. The maximum Gasteiger partial charge on any atom is 0.220 e. The third-order valence-corrected chi connectivity index (χ3v) is 6.61. The van der Waals surface area contributed by atoms with Crippen molar-refractivity contribution < 1.29 is 38.3 Å². The van der Waals surface area contributed by atoms with E-state index in [1.807, 2.05) is 60.7 Å². The van der Waals surface area contributed by atoms with Gasteiger partial charge >= 0.3 is 0 Å². The molecule has 2 heterocycles. The highest BCUT2D eigenvalue weighted by Crippen LogP contribution is 2.44. The molecule has 4 rings (SSSR count). The second-order valence-electron chi connectivity index (χ2n) is 8.79. The van der Waals surface area contributed by atoms with Crippen LogP contribution in [0.5, 0.6) is 0 Å². The highest BCUT2D eigenvalue weighted by atomic mass is 16.8. The molecule has 7 atom stereocenters. The first-order valence-electron chi connectivity index (χ1n) is 11.5. The maximum absolute atomic E-state index is 10.9. The quantitative estimate of drug-likeness (QED) is 0.594. The lowest BCUT2D eigenvalue weighted by Gasteiger charge is -2.56. The van der Waals surface area contributed by atoms with Crippen molar-refractivity contribution in [1.29, 1.82) is 0 Å². The first-order chi connectivity index (χ1) is 16.4. The fraction of sp³-hybridized carbons (Fsp3) is 0.538. The molecule has 2 saturated heterocycles. The lowest BCUT2D eigenvalue weighted by Crippen LogP contribution is -2.73. The summed E-state index contributed by atoms with van der Waals surface area (Å²) in [5.74, 6) is -2.47. The van der Waals surface area contributed by atoms with E-state index >= 15 is 0 Å². The molecule has 0 spiro atoms. The number of fused-ring (bicyclic) bond motifs is 1. The van der Waals surface area contributed by atoms with E-state index in [0.29, 0.717) is 6.61 Å². The molecule has 2 aromatic rings. The third kappa shape index (κ3) is 5.19. The summed E-state index contributed by atoms with van der Waals surface area (Å²) in [5, 5.41) is 10.9. The number of hydrogen-bond donors (Lipinski definition) is 1. The van der Waals surface area contributed by atoms with Crippen LogP contribution in [0.4, 0.5) is 0 Å². The topological polar surface area (TPSA) is 84.8 Å². The molecule has 0 saturated carbocycles. The number of benzene rings is 2. The van der Waals surface area contributed by atoms with Crippen LogP contribution >= 0.6 is 0 Å². The zero-order valence-electron chi connectivity index (χ0n) is 20.1. The molecule has 3 unspecified atom stereocenters. The van der Waals surface area contributed by atoms with Crippen LogP contribution in [0.15, 0.2) is 60.7 Å². The van der Waals surface area contributed by atoms with E-state index in [9.17, 15) is 5.11 Å². The normalized spacial score (nSPS) is 35.6. The van der Waals surface area contributed by atoms with E-state index < -0.39 is 42.3 Å². The Balaban J connectivity index is 1.52. The maximum atomic E-state index is 10.9. The lowest BCUT2D eigenvalue weighted by molar-refractivity contribution is -0.480. The van der Waals surface area contributed by atoms with Gasteiger partial charge in [0.1, 0.15) is 24.4 Å². The van der Waals surface area contributed by atoms with Gasteiger partial charge in [-0.25, -0.2) is 0 Å². The van der Waals surface area contributed by atoms with Crippen LogP contribution in [0.3, 0.4) is 0 Å². The molecule has 0 aromatic heterocycles. The molecule has 0 bridgehead atoms. The molecule has 0 amide bonds. The Morgan fingerprint density at radius 2 is 1.32 bits per heavy atom. The molecule has 186 valence electrons. The van der Waals surface area contributed by atoms with E-state index in [4.69, 9.17) is 33.2 Å². The van der Waals surface area contributed by atoms with Gasteiger partial charge in [0.2, 0.25) is 11.6 Å². The molecule has 2 aromatic carbocycles. The average Bonchev–Trinajstić information content (AvgIpc) is 2.86. The minimum atomic E-state index is -1.25. The molecule has 2 aliphatic heterocycles. The Kier molecular flexibility index (Phi) is 8.01. The van der Waals surface area contributed by atoms with Crippen molar-refractivity contribution >= 4 is 0 Å². The number of ether oxygens (including phenoxy) is 7. The smallest absolute Gasteiger partial charge is 0.220 e. The average molecular weight is 475 g/mol. The zero-order valence-corrected chi connectivity index (χ0v) is 20.1. The lowest BCUT2D eigenvalue weighted by atomic mass is 9.94. The minimum absolute atomic E-state index is 0.186. The summed E-state index contributed by atoms with van der Waals surface area (Å²) in [6.45, 7) is 4.35. The largest absolute Gasteiger partial charge is 0.374 e. The number of aliphatic hydroxyl groups is 1. The summed E-state index contributed by atoms with van der Waals surface area (Å²) in [6.07, 6.45) is -3.99. The van der Waals surface area contributed by atoms with Gasteiger partial charge < -0.3 is 38.3 Å². The Hall–Kier alpha value is -1.88. The summed E-state index contributed by atoms with van der Waals surface area (Å²) >= 11 is 0. The summed E-state index contributed by atoms with van der Waals surface area (Å²) in [6, 6.07) is 19.5. The van der Waals surface area contributed by atoms with Gasteiger partial charge in [-0.2, -0.15) is 0 Å². The van der Waals surface area contributed by atoms with Crippen molar-refractivity contribution in [2.24, 2.45) is 0 Å². The van der Waals surface area contributed by atoms with Gasteiger partial charge in [-0.1, -0.05) is 60.7 Å². The first kappa shape index (κ1) is 25.2. The van der Waals surface area contributed by atoms with Crippen LogP contribution in [-0.2, 0) is 46.4 Å². The van der Waals surface area contributed by atoms with Crippen LogP contribution in [0.1, 0.15) is 25.0 Å². The number of methoxy groups -OCH3 is 2. The molecule has 1 N–H and O–H groups in total. The molecule has 2 aliphatic rings. The van der Waals surface area contributed by atoms with E-state index in [1.54, 1.807) is 13.8 Å². The van der Waals surface area contributed by atoms with Gasteiger partial charge in [-0.3, -0.25) is 0 Å². The Bertz CT molecular complexity index is 896. The van der Waals surface area contributed by atoms with Crippen molar-refractivity contribution in [3.05, 3.63) is 71.8 Å². The summed E-state index contributed by atoms with van der Waals surface area (Å²) in [7, 11) is 3.06. The van der Waals surface area contributed by atoms with Crippen molar-refractivity contribution in [3.63, 3.8) is 0 Å². The third-order valence-electron chi connectivity index (χ3n) is 6.61. The molecule has 0 radical (unpaired) electrons. The Morgan fingerprint density at radius 1 is 0.794 bits per heavy atom. The number of rotatable bonds is 9. The monoisotopic (exact) mass is 474 g/mol. The fourth-order valence-electron chi connectivity index (χ4n) is 4.32. The molecular weight excluding hydrogens is 440 g/mol. The molecule has 8 nitrogen and oxygen atoms in total. The highest BCUT2D eigenvalue weighted by Gasteiger charge is 2.62. The van der Waals surface area contributed by atoms with E-state index in [1.165, 1.54) is 14.2 Å². The summed E-state index contributed by atoms with van der Waals surface area (Å²) in [5.41, 5.74) is 2.00. The molecule has 0 aliphatic carbocycles. The molecule has 2 fully saturated rings. The standard InChI is InChI=1S/C26H34O8/c1-25(28-3)26(2,29-4)34-22-21(33-25)20(17-30-15-18-11-7-5-8-12-18)32-24(27)23(22)31-16-19-13-9-6-10-14-19/h5-14,20-24,27H,15-17H2,1-4H3/t20-,21-,22+,23+,24?,25?,26?/m1/s1.